The molecule has 0 radical (unpaired) electrons. The number of nitrogens with two attached hydrogens (primary N) is 1. The molecule has 108 valence electrons. The third kappa shape index (κ3) is 8.97. The molecule has 1 saturated carbocycles. The zero-order valence-electron chi connectivity index (χ0n) is 12.5. The van der Waals surface area contributed by atoms with Crippen molar-refractivity contribution in [2.24, 2.45) is 11.7 Å². The first kappa shape index (κ1) is 16.0. The zero-order chi connectivity index (χ0) is 12.9. The van der Waals surface area contributed by atoms with Crippen LogP contribution in [0.5, 0.6) is 0 Å². The summed E-state index contributed by atoms with van der Waals surface area (Å²) in [7, 11) is 0. The fraction of sp³-hybridized carbons (Fsp3) is 1.00. The molecule has 1 rings (SSSR count). The Balaban J connectivity index is 2.10. The average molecular weight is 253 g/mol. The lowest BCUT2D eigenvalue weighted by atomic mass is 9.90. The average Bonchev–Trinajstić information content (AvgIpc) is 2.44. The fourth-order valence-corrected chi connectivity index (χ4v) is 3.29. The summed E-state index contributed by atoms with van der Waals surface area (Å²) in [6.07, 6.45) is 21.9. The van der Waals surface area contributed by atoms with Gasteiger partial charge in [-0.25, -0.2) is 0 Å². The van der Waals surface area contributed by atoms with Crippen LogP contribution in [0.2, 0.25) is 0 Å². The van der Waals surface area contributed by atoms with E-state index in [1.54, 1.807) is 0 Å². The molecule has 1 aliphatic rings. The summed E-state index contributed by atoms with van der Waals surface area (Å²) in [6.45, 7) is 0.878. The summed E-state index contributed by atoms with van der Waals surface area (Å²) in [4.78, 5) is 0. The summed E-state index contributed by atoms with van der Waals surface area (Å²) < 4.78 is 0. The van der Waals surface area contributed by atoms with Gasteiger partial charge in [-0.1, -0.05) is 89.9 Å². The molecule has 0 heterocycles. The van der Waals surface area contributed by atoms with Crippen molar-refractivity contribution in [2.75, 3.05) is 6.54 Å². The Labute approximate surface area is 115 Å². The van der Waals surface area contributed by atoms with Gasteiger partial charge in [-0.15, -0.1) is 0 Å². The van der Waals surface area contributed by atoms with E-state index in [-0.39, 0.29) is 0 Å². The minimum Gasteiger partial charge on any atom is -0.330 e. The first-order valence-corrected chi connectivity index (χ1v) is 8.63. The van der Waals surface area contributed by atoms with Crippen molar-refractivity contribution >= 4 is 0 Å². The van der Waals surface area contributed by atoms with Crippen LogP contribution in [0, 0.1) is 5.92 Å². The summed E-state index contributed by atoms with van der Waals surface area (Å²) in [5, 5.41) is 0. The topological polar surface area (TPSA) is 26.0 Å². The lowest BCUT2D eigenvalue weighted by Gasteiger charge is -2.16. The van der Waals surface area contributed by atoms with Crippen LogP contribution in [0.1, 0.15) is 96.3 Å². The standard InChI is InChI=1S/C17H35N/c18-16-12-8-7-11-15-17-13-9-5-3-1-2-4-6-10-14-17/h17H,1-16,18H2. The molecule has 0 saturated heterocycles. The van der Waals surface area contributed by atoms with Crippen molar-refractivity contribution < 1.29 is 0 Å². The first-order chi connectivity index (χ1) is 8.93. The van der Waals surface area contributed by atoms with Gasteiger partial charge in [-0.3, -0.25) is 0 Å². The number of hydrogen-bond donors (Lipinski definition) is 1. The third-order valence-electron chi connectivity index (χ3n) is 4.54. The Kier molecular flexibility index (Phi) is 10.7. The van der Waals surface area contributed by atoms with Crippen molar-refractivity contribution in [3.05, 3.63) is 0 Å². The highest BCUT2D eigenvalue weighted by molar-refractivity contribution is 4.63. The molecule has 0 amide bonds. The largest absolute Gasteiger partial charge is 0.330 e. The molecular formula is C17H35N. The van der Waals surface area contributed by atoms with E-state index in [9.17, 15) is 0 Å². The van der Waals surface area contributed by atoms with Crippen LogP contribution in [0.4, 0.5) is 0 Å². The van der Waals surface area contributed by atoms with Crippen LogP contribution in [0.15, 0.2) is 0 Å². The lowest BCUT2D eigenvalue weighted by molar-refractivity contribution is 0.373. The molecule has 0 spiro atoms. The minimum atomic E-state index is 0.878. The van der Waals surface area contributed by atoms with Crippen LogP contribution < -0.4 is 5.73 Å². The van der Waals surface area contributed by atoms with Crippen molar-refractivity contribution in [2.45, 2.75) is 96.3 Å². The smallest absolute Gasteiger partial charge is 0.00773 e. The van der Waals surface area contributed by atoms with Gasteiger partial charge in [0, 0.05) is 0 Å². The number of hydrogen-bond acceptors (Lipinski definition) is 1. The predicted octanol–water partition coefficient (Wildman–Crippen LogP) is 5.43. The lowest BCUT2D eigenvalue weighted by Crippen LogP contribution is -2.02. The third-order valence-corrected chi connectivity index (χ3v) is 4.54. The van der Waals surface area contributed by atoms with Gasteiger partial charge < -0.3 is 5.73 Å². The number of rotatable bonds is 6. The van der Waals surface area contributed by atoms with E-state index in [2.05, 4.69) is 0 Å². The van der Waals surface area contributed by atoms with Gasteiger partial charge in [0.2, 0.25) is 0 Å². The maximum absolute atomic E-state index is 5.54. The van der Waals surface area contributed by atoms with Gasteiger partial charge in [0.05, 0.1) is 0 Å². The molecule has 0 aromatic carbocycles. The number of unbranched alkanes of at least 4 members (excludes halogenated alkanes) is 3. The van der Waals surface area contributed by atoms with Crippen LogP contribution >= 0.6 is 0 Å². The molecule has 1 aliphatic carbocycles. The Bertz CT molecular complexity index is 155. The SMILES string of the molecule is NCCCCCCC1CCCCCCCCCC1. The molecule has 1 fully saturated rings. The Morgan fingerprint density at radius 3 is 1.67 bits per heavy atom. The van der Waals surface area contributed by atoms with Gasteiger partial charge >= 0.3 is 0 Å². The van der Waals surface area contributed by atoms with Crippen molar-refractivity contribution in [3.63, 3.8) is 0 Å². The minimum absolute atomic E-state index is 0.878. The van der Waals surface area contributed by atoms with E-state index in [4.69, 9.17) is 5.73 Å². The molecule has 0 aliphatic heterocycles. The van der Waals surface area contributed by atoms with Crippen molar-refractivity contribution in [1.82, 2.24) is 0 Å². The second-order valence-electron chi connectivity index (χ2n) is 6.26. The first-order valence-electron chi connectivity index (χ1n) is 8.63. The van der Waals surface area contributed by atoms with E-state index < -0.39 is 0 Å². The van der Waals surface area contributed by atoms with Crippen LogP contribution in [-0.4, -0.2) is 6.54 Å². The van der Waals surface area contributed by atoms with Crippen LogP contribution in [0.3, 0.4) is 0 Å². The molecule has 2 N–H and O–H groups in total. The van der Waals surface area contributed by atoms with Crippen LogP contribution in [-0.2, 0) is 0 Å². The summed E-state index contributed by atoms with van der Waals surface area (Å²) in [5.74, 6) is 1.04. The quantitative estimate of drug-likeness (QED) is 0.628. The predicted molar refractivity (Wildman–Crippen MR) is 81.8 cm³/mol. The molecule has 0 unspecified atom stereocenters. The molecule has 0 atom stereocenters. The molecule has 0 bridgehead atoms. The molecule has 1 nitrogen and oxygen atoms in total. The molecule has 0 aromatic heterocycles. The fourth-order valence-electron chi connectivity index (χ4n) is 3.29. The normalized spacial score (nSPS) is 20.5. The van der Waals surface area contributed by atoms with E-state index in [1.165, 1.54) is 96.3 Å². The maximum atomic E-state index is 5.54. The highest BCUT2D eigenvalue weighted by Gasteiger charge is 2.09. The van der Waals surface area contributed by atoms with Gasteiger partial charge in [-0.2, -0.15) is 0 Å². The Morgan fingerprint density at radius 2 is 1.11 bits per heavy atom. The van der Waals surface area contributed by atoms with Gasteiger partial charge in [0.15, 0.2) is 0 Å². The second-order valence-corrected chi connectivity index (χ2v) is 6.26. The Morgan fingerprint density at radius 1 is 0.611 bits per heavy atom. The highest BCUT2D eigenvalue weighted by atomic mass is 14.5. The summed E-state index contributed by atoms with van der Waals surface area (Å²) >= 11 is 0. The van der Waals surface area contributed by atoms with E-state index in [0.717, 1.165) is 12.5 Å². The molecule has 0 aromatic rings. The van der Waals surface area contributed by atoms with Gasteiger partial charge in [-0.05, 0) is 18.9 Å². The van der Waals surface area contributed by atoms with E-state index in [1.807, 2.05) is 0 Å². The highest BCUT2D eigenvalue weighted by Crippen LogP contribution is 2.25. The Hall–Kier alpha value is -0.0400. The van der Waals surface area contributed by atoms with Gasteiger partial charge in [0.25, 0.3) is 0 Å². The zero-order valence-corrected chi connectivity index (χ0v) is 12.5. The van der Waals surface area contributed by atoms with E-state index >= 15 is 0 Å². The second kappa shape index (κ2) is 12.0. The molecular weight excluding hydrogens is 218 g/mol. The summed E-state index contributed by atoms with van der Waals surface area (Å²) in [6, 6.07) is 0. The maximum Gasteiger partial charge on any atom is -0.00773 e. The van der Waals surface area contributed by atoms with Crippen molar-refractivity contribution in [3.8, 4) is 0 Å². The molecule has 18 heavy (non-hydrogen) atoms. The summed E-state index contributed by atoms with van der Waals surface area (Å²) in [5.41, 5.74) is 5.54. The van der Waals surface area contributed by atoms with Crippen molar-refractivity contribution in [1.29, 1.82) is 0 Å². The monoisotopic (exact) mass is 253 g/mol. The molecule has 1 heteroatoms. The van der Waals surface area contributed by atoms with E-state index in [0.29, 0.717) is 0 Å². The van der Waals surface area contributed by atoms with Crippen LogP contribution in [0.25, 0.3) is 0 Å². The van der Waals surface area contributed by atoms with Gasteiger partial charge in [0.1, 0.15) is 0 Å².